The number of rotatable bonds is 5. The van der Waals surface area contributed by atoms with Gasteiger partial charge in [-0.25, -0.2) is 0 Å². The summed E-state index contributed by atoms with van der Waals surface area (Å²) in [4.78, 5) is 0. The van der Waals surface area contributed by atoms with Crippen molar-refractivity contribution < 1.29 is 0 Å². The van der Waals surface area contributed by atoms with Gasteiger partial charge >= 0.3 is 0 Å². The van der Waals surface area contributed by atoms with E-state index in [0.29, 0.717) is 0 Å². The van der Waals surface area contributed by atoms with Crippen molar-refractivity contribution in [3.05, 3.63) is 23.3 Å². The highest BCUT2D eigenvalue weighted by Gasteiger charge is 1.98. The van der Waals surface area contributed by atoms with Gasteiger partial charge in [-0.05, 0) is 36.8 Å². The molecule has 0 rings (SSSR count). The summed E-state index contributed by atoms with van der Waals surface area (Å²) in [6.45, 7) is 8.88. The molecule has 0 atom stereocenters. The van der Waals surface area contributed by atoms with Crippen LogP contribution in [-0.4, -0.2) is 0 Å². The van der Waals surface area contributed by atoms with Gasteiger partial charge < -0.3 is 0 Å². The predicted octanol–water partition coefficient (Wildman–Crippen LogP) is 4.48. The van der Waals surface area contributed by atoms with Gasteiger partial charge in [-0.15, -0.1) is 0 Å². The second-order valence-corrected chi connectivity index (χ2v) is 2.98. The SMILES string of the molecule is CC/C=C(CC)\C(=C/CC)CC. The number of hydrogen-bond acceptors (Lipinski definition) is 0. The van der Waals surface area contributed by atoms with E-state index in [-0.39, 0.29) is 0 Å². The van der Waals surface area contributed by atoms with Crippen molar-refractivity contribution in [2.45, 2.75) is 53.4 Å². The zero-order chi connectivity index (χ0) is 9.40. The van der Waals surface area contributed by atoms with E-state index in [1.165, 1.54) is 12.8 Å². The van der Waals surface area contributed by atoms with E-state index in [1.54, 1.807) is 11.1 Å². The summed E-state index contributed by atoms with van der Waals surface area (Å²) in [5.74, 6) is 0. The lowest BCUT2D eigenvalue weighted by atomic mass is 9.99. The van der Waals surface area contributed by atoms with Crippen molar-refractivity contribution in [2.75, 3.05) is 0 Å². The Morgan fingerprint density at radius 3 is 1.25 bits per heavy atom. The van der Waals surface area contributed by atoms with Crippen LogP contribution in [-0.2, 0) is 0 Å². The van der Waals surface area contributed by atoms with Crippen molar-refractivity contribution in [3.63, 3.8) is 0 Å². The molecular weight excluding hydrogens is 144 g/mol. The molecule has 0 spiro atoms. The average molecular weight is 166 g/mol. The molecule has 0 amide bonds. The molecule has 0 saturated carbocycles. The highest BCUT2D eigenvalue weighted by atomic mass is 14.0. The van der Waals surface area contributed by atoms with E-state index in [1.807, 2.05) is 0 Å². The summed E-state index contributed by atoms with van der Waals surface area (Å²) in [6, 6.07) is 0. The van der Waals surface area contributed by atoms with E-state index in [2.05, 4.69) is 39.8 Å². The normalized spacial score (nSPS) is 13.7. The van der Waals surface area contributed by atoms with E-state index in [0.717, 1.165) is 12.8 Å². The standard InChI is InChI=1S/C12H22/c1-5-9-11(7-3)12(8-4)10-6-2/h9-10H,5-8H2,1-4H3/b11-9-,12-10-. The minimum absolute atomic E-state index is 1.16. The molecule has 0 aliphatic rings. The van der Waals surface area contributed by atoms with Crippen LogP contribution in [0.2, 0.25) is 0 Å². The van der Waals surface area contributed by atoms with Gasteiger partial charge in [0.25, 0.3) is 0 Å². The molecule has 0 aromatic carbocycles. The Bertz CT molecular complexity index is 141. The summed E-state index contributed by atoms with van der Waals surface area (Å²) in [5, 5.41) is 0. The first-order valence-corrected chi connectivity index (χ1v) is 5.18. The maximum Gasteiger partial charge on any atom is -0.0308 e. The van der Waals surface area contributed by atoms with Crippen LogP contribution in [0.15, 0.2) is 23.3 Å². The zero-order valence-corrected chi connectivity index (χ0v) is 8.98. The Hall–Kier alpha value is -0.520. The molecule has 0 bridgehead atoms. The monoisotopic (exact) mass is 166 g/mol. The quantitative estimate of drug-likeness (QED) is 0.528. The summed E-state index contributed by atoms with van der Waals surface area (Å²) >= 11 is 0. The third-order valence-electron chi connectivity index (χ3n) is 2.08. The third-order valence-corrected chi connectivity index (χ3v) is 2.08. The molecule has 70 valence electrons. The number of hydrogen-bond donors (Lipinski definition) is 0. The fraction of sp³-hybridized carbons (Fsp3) is 0.667. The highest BCUT2D eigenvalue weighted by molar-refractivity contribution is 5.30. The van der Waals surface area contributed by atoms with Crippen LogP contribution in [0, 0.1) is 0 Å². The van der Waals surface area contributed by atoms with Crippen LogP contribution in [0.4, 0.5) is 0 Å². The van der Waals surface area contributed by atoms with Gasteiger partial charge in [-0.3, -0.25) is 0 Å². The maximum atomic E-state index is 2.35. The van der Waals surface area contributed by atoms with Crippen LogP contribution in [0.5, 0.6) is 0 Å². The first kappa shape index (κ1) is 11.5. The van der Waals surface area contributed by atoms with E-state index in [9.17, 15) is 0 Å². The zero-order valence-electron chi connectivity index (χ0n) is 8.98. The topological polar surface area (TPSA) is 0 Å². The van der Waals surface area contributed by atoms with Gasteiger partial charge in [0.1, 0.15) is 0 Å². The van der Waals surface area contributed by atoms with Gasteiger partial charge in [0.05, 0.1) is 0 Å². The molecule has 0 unspecified atom stereocenters. The van der Waals surface area contributed by atoms with E-state index >= 15 is 0 Å². The lowest BCUT2D eigenvalue weighted by molar-refractivity contribution is 0.985. The van der Waals surface area contributed by atoms with Crippen molar-refractivity contribution in [3.8, 4) is 0 Å². The highest BCUT2D eigenvalue weighted by Crippen LogP contribution is 2.18. The van der Waals surface area contributed by atoms with Crippen LogP contribution in [0.3, 0.4) is 0 Å². The molecular formula is C12H22. The summed E-state index contributed by atoms with van der Waals surface area (Å²) in [5.41, 5.74) is 3.09. The van der Waals surface area contributed by atoms with Crippen LogP contribution >= 0.6 is 0 Å². The van der Waals surface area contributed by atoms with E-state index in [4.69, 9.17) is 0 Å². The fourth-order valence-corrected chi connectivity index (χ4v) is 1.50. The van der Waals surface area contributed by atoms with Gasteiger partial charge in [-0.1, -0.05) is 39.8 Å². The molecule has 0 aromatic heterocycles. The summed E-state index contributed by atoms with van der Waals surface area (Å²) in [6.07, 6.45) is 9.37. The lowest BCUT2D eigenvalue weighted by Gasteiger charge is -2.07. The molecule has 0 saturated heterocycles. The second-order valence-electron chi connectivity index (χ2n) is 2.98. The molecule has 0 nitrogen and oxygen atoms in total. The first-order valence-electron chi connectivity index (χ1n) is 5.18. The van der Waals surface area contributed by atoms with Crippen molar-refractivity contribution in [1.82, 2.24) is 0 Å². The van der Waals surface area contributed by atoms with Crippen LogP contribution in [0.25, 0.3) is 0 Å². The minimum atomic E-state index is 1.16. The molecule has 12 heavy (non-hydrogen) atoms. The Kier molecular flexibility index (Phi) is 6.84. The van der Waals surface area contributed by atoms with Crippen molar-refractivity contribution in [2.24, 2.45) is 0 Å². The molecule has 0 radical (unpaired) electrons. The average Bonchev–Trinajstić information content (AvgIpc) is 2.11. The molecule has 0 fully saturated rings. The maximum absolute atomic E-state index is 2.35. The van der Waals surface area contributed by atoms with Crippen molar-refractivity contribution in [1.29, 1.82) is 0 Å². The van der Waals surface area contributed by atoms with Gasteiger partial charge in [-0.2, -0.15) is 0 Å². The van der Waals surface area contributed by atoms with Crippen LogP contribution in [0.1, 0.15) is 53.4 Å². The summed E-state index contributed by atoms with van der Waals surface area (Å²) in [7, 11) is 0. The lowest BCUT2D eigenvalue weighted by Crippen LogP contribution is -1.87. The van der Waals surface area contributed by atoms with Gasteiger partial charge in [0, 0.05) is 0 Å². The molecule has 0 N–H and O–H groups in total. The third kappa shape index (κ3) is 3.75. The van der Waals surface area contributed by atoms with Crippen LogP contribution < -0.4 is 0 Å². The van der Waals surface area contributed by atoms with Gasteiger partial charge in [0.15, 0.2) is 0 Å². The minimum Gasteiger partial charge on any atom is -0.0813 e. The smallest absolute Gasteiger partial charge is 0.0308 e. The Balaban J connectivity index is 4.44. The Morgan fingerprint density at radius 1 is 0.750 bits per heavy atom. The second kappa shape index (κ2) is 7.15. The molecule has 0 aliphatic heterocycles. The first-order chi connectivity index (χ1) is 5.79. The predicted molar refractivity (Wildman–Crippen MR) is 57.3 cm³/mol. The Labute approximate surface area is 77.4 Å². The fourth-order valence-electron chi connectivity index (χ4n) is 1.50. The summed E-state index contributed by atoms with van der Waals surface area (Å²) < 4.78 is 0. The van der Waals surface area contributed by atoms with Crippen molar-refractivity contribution >= 4 is 0 Å². The van der Waals surface area contributed by atoms with Gasteiger partial charge in [0.2, 0.25) is 0 Å². The molecule has 0 aliphatic carbocycles. The molecule has 0 heterocycles. The largest absolute Gasteiger partial charge is 0.0813 e. The molecule has 0 aromatic rings. The number of allylic oxidation sites excluding steroid dienone is 4. The Morgan fingerprint density at radius 2 is 1.08 bits per heavy atom. The molecule has 0 heteroatoms. The van der Waals surface area contributed by atoms with E-state index < -0.39 is 0 Å².